The number of aromatic amines is 1. The minimum atomic E-state index is 0.197. The fourth-order valence-corrected chi connectivity index (χ4v) is 2.06. The molecule has 98 valence electrons. The number of rotatable bonds is 4. The Hall–Kier alpha value is -1.95. The Morgan fingerprint density at radius 1 is 1.32 bits per heavy atom. The van der Waals surface area contributed by atoms with Crippen LogP contribution in [0.3, 0.4) is 0 Å². The van der Waals surface area contributed by atoms with Crippen molar-refractivity contribution in [3.05, 3.63) is 29.7 Å². The van der Waals surface area contributed by atoms with Crippen molar-refractivity contribution < 1.29 is 0 Å². The molecule has 0 aliphatic carbocycles. The number of unbranched alkanes of at least 4 members (excludes halogenated alkanes) is 1. The summed E-state index contributed by atoms with van der Waals surface area (Å²) < 4.78 is 1.94. The average Bonchev–Trinajstić information content (AvgIpc) is 3.01. The lowest BCUT2D eigenvalue weighted by Gasteiger charge is -2.02. The Morgan fingerprint density at radius 2 is 2.21 bits per heavy atom. The molecular weight excluding hydrogens is 264 g/mol. The van der Waals surface area contributed by atoms with E-state index in [0.29, 0.717) is 11.6 Å². The highest BCUT2D eigenvalue weighted by Crippen LogP contribution is 2.15. The molecular formula is C12H13ClN6. The van der Waals surface area contributed by atoms with Gasteiger partial charge in [0.15, 0.2) is 5.65 Å². The van der Waals surface area contributed by atoms with E-state index < -0.39 is 0 Å². The van der Waals surface area contributed by atoms with E-state index in [0.717, 1.165) is 30.6 Å². The lowest BCUT2D eigenvalue weighted by molar-refractivity contribution is 0.731. The maximum Gasteiger partial charge on any atom is 0.224 e. The molecule has 0 fully saturated rings. The third kappa shape index (κ3) is 2.31. The first kappa shape index (κ1) is 12.1. The van der Waals surface area contributed by atoms with Crippen LogP contribution in [0.5, 0.6) is 0 Å². The van der Waals surface area contributed by atoms with Crippen LogP contribution in [-0.2, 0) is 6.42 Å². The van der Waals surface area contributed by atoms with Gasteiger partial charge in [0.1, 0.15) is 11.3 Å². The first-order chi connectivity index (χ1) is 9.28. The summed E-state index contributed by atoms with van der Waals surface area (Å²) in [6.07, 6.45) is 8.45. The molecule has 7 heteroatoms. The van der Waals surface area contributed by atoms with E-state index in [4.69, 9.17) is 11.6 Å². The standard InChI is InChI=1S/C12H13ClN6/c1-2-3-4-9-14-5-6-19(9)12-16-8-7-15-11(13)17-10(8)18-12/h5-7H,2-4H2,1H3,(H,15,16,17,18). The molecule has 0 saturated carbocycles. The van der Waals surface area contributed by atoms with Crippen molar-refractivity contribution in [1.82, 2.24) is 29.5 Å². The van der Waals surface area contributed by atoms with Crippen molar-refractivity contribution in [1.29, 1.82) is 0 Å². The summed E-state index contributed by atoms with van der Waals surface area (Å²) in [7, 11) is 0. The number of aromatic nitrogens is 6. The number of nitrogens with zero attached hydrogens (tertiary/aromatic N) is 5. The van der Waals surface area contributed by atoms with Gasteiger partial charge in [0, 0.05) is 18.8 Å². The first-order valence-electron chi connectivity index (χ1n) is 6.19. The van der Waals surface area contributed by atoms with Crippen LogP contribution in [0, 0.1) is 0 Å². The number of hydrogen-bond donors (Lipinski definition) is 1. The number of nitrogens with one attached hydrogen (secondary N) is 1. The fourth-order valence-electron chi connectivity index (χ4n) is 1.94. The number of H-pyrrole nitrogens is 1. The highest BCUT2D eigenvalue weighted by molar-refractivity contribution is 6.28. The molecule has 0 unspecified atom stereocenters. The Morgan fingerprint density at radius 3 is 3.05 bits per heavy atom. The van der Waals surface area contributed by atoms with Gasteiger partial charge in [0.05, 0.1) is 6.20 Å². The van der Waals surface area contributed by atoms with Crippen LogP contribution >= 0.6 is 11.6 Å². The van der Waals surface area contributed by atoms with Gasteiger partial charge in [0.2, 0.25) is 11.2 Å². The lowest BCUT2D eigenvalue weighted by Crippen LogP contribution is -2.02. The Labute approximate surface area is 114 Å². The second kappa shape index (κ2) is 4.97. The zero-order valence-corrected chi connectivity index (χ0v) is 11.2. The molecule has 0 aliphatic heterocycles. The number of halogens is 1. The molecule has 3 heterocycles. The van der Waals surface area contributed by atoms with Gasteiger partial charge in [-0.3, -0.25) is 4.57 Å². The molecule has 0 aliphatic rings. The van der Waals surface area contributed by atoms with E-state index in [1.165, 1.54) is 0 Å². The molecule has 0 aromatic carbocycles. The summed E-state index contributed by atoms with van der Waals surface area (Å²) in [6.45, 7) is 2.16. The van der Waals surface area contributed by atoms with E-state index in [-0.39, 0.29) is 5.28 Å². The zero-order valence-electron chi connectivity index (χ0n) is 10.5. The largest absolute Gasteiger partial charge is 0.321 e. The third-order valence-electron chi connectivity index (χ3n) is 2.90. The van der Waals surface area contributed by atoms with Crippen LogP contribution in [0.2, 0.25) is 5.28 Å². The van der Waals surface area contributed by atoms with Gasteiger partial charge in [0.25, 0.3) is 0 Å². The average molecular weight is 277 g/mol. The van der Waals surface area contributed by atoms with Gasteiger partial charge in [-0.15, -0.1) is 0 Å². The Kier molecular flexibility index (Phi) is 3.16. The minimum absolute atomic E-state index is 0.197. The quantitative estimate of drug-likeness (QED) is 0.743. The summed E-state index contributed by atoms with van der Waals surface area (Å²) in [5.41, 5.74) is 1.32. The normalized spacial score (nSPS) is 11.3. The predicted octanol–water partition coefficient (Wildman–Crippen LogP) is 2.53. The van der Waals surface area contributed by atoms with Crippen molar-refractivity contribution in [2.75, 3.05) is 0 Å². The molecule has 1 N–H and O–H groups in total. The van der Waals surface area contributed by atoms with Gasteiger partial charge in [-0.2, -0.15) is 9.97 Å². The molecule has 0 spiro atoms. The number of aryl methyl sites for hydroxylation is 1. The van der Waals surface area contributed by atoms with Gasteiger partial charge in [-0.25, -0.2) is 9.97 Å². The van der Waals surface area contributed by atoms with Crippen molar-refractivity contribution in [2.24, 2.45) is 0 Å². The molecule has 3 aromatic heterocycles. The maximum absolute atomic E-state index is 5.76. The van der Waals surface area contributed by atoms with Crippen molar-refractivity contribution >= 4 is 22.8 Å². The smallest absolute Gasteiger partial charge is 0.224 e. The highest BCUT2D eigenvalue weighted by Gasteiger charge is 2.10. The van der Waals surface area contributed by atoms with Crippen LogP contribution in [0.1, 0.15) is 25.6 Å². The fraction of sp³-hybridized carbons (Fsp3) is 0.333. The minimum Gasteiger partial charge on any atom is -0.321 e. The van der Waals surface area contributed by atoms with Gasteiger partial charge >= 0.3 is 0 Å². The molecule has 19 heavy (non-hydrogen) atoms. The second-order valence-corrected chi connectivity index (χ2v) is 4.59. The second-order valence-electron chi connectivity index (χ2n) is 4.25. The maximum atomic E-state index is 5.76. The molecule has 0 radical (unpaired) electrons. The summed E-state index contributed by atoms with van der Waals surface area (Å²) in [6, 6.07) is 0. The van der Waals surface area contributed by atoms with Crippen LogP contribution in [0.15, 0.2) is 18.6 Å². The van der Waals surface area contributed by atoms with Crippen molar-refractivity contribution in [3.8, 4) is 5.95 Å². The number of fused-ring (bicyclic) bond motifs is 1. The van der Waals surface area contributed by atoms with Crippen LogP contribution in [-0.4, -0.2) is 29.5 Å². The number of imidazole rings is 2. The van der Waals surface area contributed by atoms with Gasteiger partial charge < -0.3 is 4.98 Å². The van der Waals surface area contributed by atoms with Crippen LogP contribution in [0.4, 0.5) is 0 Å². The first-order valence-corrected chi connectivity index (χ1v) is 6.56. The summed E-state index contributed by atoms with van der Waals surface area (Å²) in [4.78, 5) is 20.0. The SMILES string of the molecule is CCCCc1nccn1-c1nc2nc(Cl)ncc2[nH]1. The Bertz CT molecular complexity index is 701. The molecule has 0 amide bonds. The van der Waals surface area contributed by atoms with Crippen LogP contribution in [0.25, 0.3) is 17.1 Å². The molecule has 3 aromatic rings. The molecule has 3 rings (SSSR count). The lowest BCUT2D eigenvalue weighted by atomic mass is 10.2. The van der Waals surface area contributed by atoms with Crippen molar-refractivity contribution in [2.45, 2.75) is 26.2 Å². The number of hydrogen-bond acceptors (Lipinski definition) is 4. The van der Waals surface area contributed by atoms with Crippen LogP contribution < -0.4 is 0 Å². The molecule has 0 saturated heterocycles. The van der Waals surface area contributed by atoms with Gasteiger partial charge in [-0.05, 0) is 18.0 Å². The van der Waals surface area contributed by atoms with E-state index in [1.54, 1.807) is 12.4 Å². The monoisotopic (exact) mass is 276 g/mol. The predicted molar refractivity (Wildman–Crippen MR) is 72.4 cm³/mol. The summed E-state index contributed by atoms with van der Waals surface area (Å²) in [5.74, 6) is 1.68. The van der Waals surface area contributed by atoms with E-state index in [9.17, 15) is 0 Å². The van der Waals surface area contributed by atoms with E-state index in [2.05, 4.69) is 31.8 Å². The molecule has 0 atom stereocenters. The van der Waals surface area contributed by atoms with Crippen molar-refractivity contribution in [3.63, 3.8) is 0 Å². The molecule has 0 bridgehead atoms. The zero-order chi connectivity index (χ0) is 13.2. The summed E-state index contributed by atoms with van der Waals surface area (Å²) >= 11 is 5.76. The van der Waals surface area contributed by atoms with Gasteiger partial charge in [-0.1, -0.05) is 13.3 Å². The third-order valence-corrected chi connectivity index (χ3v) is 3.08. The topological polar surface area (TPSA) is 72.3 Å². The van der Waals surface area contributed by atoms with E-state index >= 15 is 0 Å². The molecule has 6 nitrogen and oxygen atoms in total. The Balaban J connectivity index is 2.01. The highest BCUT2D eigenvalue weighted by atomic mass is 35.5. The van der Waals surface area contributed by atoms with E-state index in [1.807, 2.05) is 10.8 Å². The summed E-state index contributed by atoms with van der Waals surface area (Å²) in [5, 5.41) is 0.197.